The first-order chi connectivity index (χ1) is 15.5. The summed E-state index contributed by atoms with van der Waals surface area (Å²) >= 11 is 1.63. The second kappa shape index (κ2) is 8.72. The van der Waals surface area contributed by atoms with Crippen LogP contribution in [0.15, 0.2) is 48.5 Å². The van der Waals surface area contributed by atoms with E-state index in [1.165, 1.54) is 37.8 Å². The van der Waals surface area contributed by atoms with Crippen LogP contribution in [0.1, 0.15) is 53.6 Å². The molecule has 1 atom stereocenters. The lowest BCUT2D eigenvalue weighted by molar-refractivity contribution is 0.103. The van der Waals surface area contributed by atoms with Crippen molar-refractivity contribution in [3.05, 3.63) is 65.2 Å². The molecule has 0 saturated carbocycles. The van der Waals surface area contributed by atoms with E-state index in [9.17, 15) is 4.79 Å². The summed E-state index contributed by atoms with van der Waals surface area (Å²) < 4.78 is 1.15. The first-order valence-corrected chi connectivity index (χ1v) is 12.4. The van der Waals surface area contributed by atoms with E-state index in [1.807, 2.05) is 49.3 Å². The van der Waals surface area contributed by atoms with Crippen molar-refractivity contribution in [1.82, 2.24) is 4.90 Å². The van der Waals surface area contributed by atoms with Gasteiger partial charge in [0, 0.05) is 59.1 Å². The van der Waals surface area contributed by atoms with E-state index in [4.69, 9.17) is 5.73 Å². The third-order valence-electron chi connectivity index (χ3n) is 7.00. The highest BCUT2D eigenvalue weighted by Crippen LogP contribution is 2.42. The van der Waals surface area contributed by atoms with Gasteiger partial charge in [0.25, 0.3) is 0 Å². The number of fused-ring (bicyclic) bond motifs is 2. The summed E-state index contributed by atoms with van der Waals surface area (Å²) in [5, 5.41) is 1.98. The molecule has 32 heavy (non-hydrogen) atoms. The van der Waals surface area contributed by atoms with Crippen LogP contribution < -0.4 is 10.6 Å². The Bertz CT molecular complexity index is 1190. The Morgan fingerprint density at radius 3 is 2.81 bits per heavy atom. The molecule has 166 valence electrons. The molecule has 1 aromatic heterocycles. The SMILES string of the molecule is CN(C)c1ccccc1C(=O)c1ccc2sc(N)c(C3=CCN4CCCCC4CC3)c2c1. The monoisotopic (exact) mass is 445 g/mol. The highest BCUT2D eigenvalue weighted by atomic mass is 32.1. The average molecular weight is 446 g/mol. The highest BCUT2D eigenvalue weighted by Gasteiger charge is 2.26. The fourth-order valence-electron chi connectivity index (χ4n) is 5.31. The van der Waals surface area contributed by atoms with E-state index in [0.717, 1.165) is 50.4 Å². The number of hydrogen-bond acceptors (Lipinski definition) is 5. The van der Waals surface area contributed by atoms with Crippen LogP contribution in [-0.4, -0.2) is 43.9 Å². The molecule has 0 bridgehead atoms. The molecule has 4 nitrogen and oxygen atoms in total. The third-order valence-corrected chi connectivity index (χ3v) is 8.00. The van der Waals surface area contributed by atoms with Gasteiger partial charge in [-0.25, -0.2) is 0 Å². The van der Waals surface area contributed by atoms with Crippen LogP contribution >= 0.6 is 11.3 Å². The lowest BCUT2D eigenvalue weighted by Gasteiger charge is -2.33. The summed E-state index contributed by atoms with van der Waals surface area (Å²) in [6.07, 6.45) is 8.60. The number of thiophene rings is 1. The van der Waals surface area contributed by atoms with Gasteiger partial charge in [-0.05, 0) is 68.1 Å². The zero-order valence-corrected chi connectivity index (χ0v) is 19.8. The number of benzene rings is 2. The summed E-state index contributed by atoms with van der Waals surface area (Å²) in [5.74, 6) is 0.0545. The minimum Gasteiger partial charge on any atom is -0.390 e. The van der Waals surface area contributed by atoms with Crippen LogP contribution in [0.2, 0.25) is 0 Å². The number of rotatable bonds is 4. The van der Waals surface area contributed by atoms with Crippen LogP contribution in [0.3, 0.4) is 0 Å². The van der Waals surface area contributed by atoms with Crippen molar-refractivity contribution in [2.24, 2.45) is 0 Å². The van der Waals surface area contributed by atoms with Crippen molar-refractivity contribution in [3.63, 3.8) is 0 Å². The maximum Gasteiger partial charge on any atom is 0.195 e. The van der Waals surface area contributed by atoms with Crippen molar-refractivity contribution in [2.45, 2.75) is 38.1 Å². The van der Waals surface area contributed by atoms with Gasteiger partial charge in [0.05, 0.1) is 5.00 Å². The van der Waals surface area contributed by atoms with Gasteiger partial charge >= 0.3 is 0 Å². The third kappa shape index (κ3) is 3.84. The second-order valence-electron chi connectivity index (χ2n) is 9.21. The standard InChI is InChI=1S/C27H31N3OS/c1-29(2)23-9-4-3-8-21(23)26(31)19-11-13-24-22(17-19)25(27(28)32-24)18-10-12-20-7-5-6-15-30(20)16-14-18/h3-4,8-9,11,13-14,17,20H,5-7,10,12,15-16,28H2,1-2H3. The topological polar surface area (TPSA) is 49.6 Å². The van der Waals surface area contributed by atoms with Crippen LogP contribution in [0.4, 0.5) is 10.7 Å². The number of hydrogen-bond donors (Lipinski definition) is 1. The summed E-state index contributed by atoms with van der Waals surface area (Å²) in [4.78, 5) is 18.1. The van der Waals surface area contributed by atoms with Crippen molar-refractivity contribution < 1.29 is 4.79 Å². The predicted octanol–water partition coefficient (Wildman–Crippen LogP) is 5.81. The Labute approximate surface area is 194 Å². The van der Waals surface area contributed by atoms with E-state index in [-0.39, 0.29) is 5.78 Å². The van der Waals surface area contributed by atoms with Gasteiger partial charge in [-0.3, -0.25) is 9.69 Å². The summed E-state index contributed by atoms with van der Waals surface area (Å²) in [7, 11) is 3.94. The maximum atomic E-state index is 13.5. The Hall–Kier alpha value is -2.63. The van der Waals surface area contributed by atoms with E-state index in [2.05, 4.69) is 23.1 Å². The lowest BCUT2D eigenvalue weighted by Crippen LogP contribution is -2.38. The molecule has 2 N–H and O–H groups in total. The lowest BCUT2D eigenvalue weighted by atomic mass is 9.94. The van der Waals surface area contributed by atoms with Crippen molar-refractivity contribution >= 4 is 43.5 Å². The highest BCUT2D eigenvalue weighted by molar-refractivity contribution is 7.23. The Balaban J connectivity index is 1.53. The van der Waals surface area contributed by atoms with E-state index < -0.39 is 0 Å². The molecule has 0 aliphatic carbocycles. The molecular formula is C27H31N3OS. The average Bonchev–Trinajstić information content (AvgIpc) is 2.99. The number of anilines is 2. The number of nitrogens with zero attached hydrogens (tertiary/aromatic N) is 2. The summed E-state index contributed by atoms with van der Waals surface area (Å²) in [6.45, 7) is 2.21. The normalized spacial score (nSPS) is 19.3. The van der Waals surface area contributed by atoms with Crippen LogP contribution in [0, 0.1) is 0 Å². The van der Waals surface area contributed by atoms with E-state index >= 15 is 0 Å². The van der Waals surface area contributed by atoms with Gasteiger partial charge in [0.1, 0.15) is 0 Å². The van der Waals surface area contributed by atoms with Gasteiger partial charge in [-0.15, -0.1) is 11.3 Å². The number of carbonyl (C=O) groups is 1. The molecule has 1 fully saturated rings. The van der Waals surface area contributed by atoms with Crippen LogP contribution in [0.25, 0.3) is 15.7 Å². The largest absolute Gasteiger partial charge is 0.390 e. The van der Waals surface area contributed by atoms with Gasteiger partial charge < -0.3 is 10.6 Å². The number of nitrogen functional groups attached to an aromatic ring is 1. The molecule has 3 aromatic rings. The molecule has 0 amide bonds. The molecule has 1 unspecified atom stereocenters. The first-order valence-electron chi connectivity index (χ1n) is 11.6. The molecule has 0 spiro atoms. The molecular weight excluding hydrogens is 414 g/mol. The fourth-order valence-corrected chi connectivity index (χ4v) is 6.29. The van der Waals surface area contributed by atoms with Crippen molar-refractivity contribution in [2.75, 3.05) is 37.8 Å². The number of piperidine rings is 1. The van der Waals surface area contributed by atoms with E-state index in [1.54, 1.807) is 11.3 Å². The van der Waals surface area contributed by atoms with Gasteiger partial charge in [-0.2, -0.15) is 0 Å². The first kappa shape index (κ1) is 21.2. The predicted molar refractivity (Wildman–Crippen MR) is 137 cm³/mol. The fraction of sp³-hybridized carbons (Fsp3) is 0.370. The smallest absolute Gasteiger partial charge is 0.195 e. The summed E-state index contributed by atoms with van der Waals surface area (Å²) in [5.41, 5.74) is 11.4. The quantitative estimate of drug-likeness (QED) is 0.515. The number of nitrogens with two attached hydrogens (primary N) is 1. The number of para-hydroxylation sites is 1. The number of allylic oxidation sites excluding steroid dienone is 1. The Kier molecular flexibility index (Phi) is 5.78. The zero-order chi connectivity index (χ0) is 22.2. The molecule has 2 aliphatic heterocycles. The van der Waals surface area contributed by atoms with Crippen LogP contribution in [-0.2, 0) is 0 Å². The minimum absolute atomic E-state index is 0.0545. The molecule has 5 heteroatoms. The van der Waals surface area contributed by atoms with Crippen molar-refractivity contribution in [3.8, 4) is 0 Å². The van der Waals surface area contributed by atoms with Gasteiger partial charge in [0.2, 0.25) is 0 Å². The number of carbonyl (C=O) groups excluding carboxylic acids is 1. The Morgan fingerprint density at radius 2 is 1.97 bits per heavy atom. The molecule has 2 aromatic carbocycles. The molecule has 1 saturated heterocycles. The molecule has 2 aliphatic rings. The van der Waals surface area contributed by atoms with Crippen LogP contribution in [0.5, 0.6) is 0 Å². The van der Waals surface area contributed by atoms with Crippen molar-refractivity contribution in [1.29, 1.82) is 0 Å². The number of ketones is 1. The Morgan fingerprint density at radius 1 is 1.12 bits per heavy atom. The van der Waals surface area contributed by atoms with Gasteiger partial charge in [-0.1, -0.05) is 24.6 Å². The maximum absolute atomic E-state index is 13.5. The zero-order valence-electron chi connectivity index (χ0n) is 18.9. The molecule has 3 heterocycles. The summed E-state index contributed by atoms with van der Waals surface area (Å²) in [6, 6.07) is 14.6. The van der Waals surface area contributed by atoms with Gasteiger partial charge in [0.15, 0.2) is 5.78 Å². The second-order valence-corrected chi connectivity index (χ2v) is 10.3. The molecule has 0 radical (unpaired) electrons. The van der Waals surface area contributed by atoms with E-state index in [0.29, 0.717) is 6.04 Å². The minimum atomic E-state index is 0.0545. The molecule has 5 rings (SSSR count).